The van der Waals surface area contributed by atoms with Gasteiger partial charge in [0.25, 0.3) is 0 Å². The number of hydrogen-bond acceptors (Lipinski definition) is 3. The molecule has 0 saturated heterocycles. The summed E-state index contributed by atoms with van der Waals surface area (Å²) in [7, 11) is 0. The van der Waals surface area contributed by atoms with Crippen molar-refractivity contribution >= 4 is 17.5 Å². The highest BCUT2D eigenvalue weighted by Gasteiger charge is 2.29. The predicted molar refractivity (Wildman–Crippen MR) is 84.9 cm³/mol. The van der Waals surface area contributed by atoms with Crippen molar-refractivity contribution in [2.24, 2.45) is 5.92 Å². The van der Waals surface area contributed by atoms with Gasteiger partial charge in [-0.15, -0.1) is 0 Å². The molecule has 0 bridgehead atoms. The van der Waals surface area contributed by atoms with Gasteiger partial charge in [0.15, 0.2) is 0 Å². The molecule has 0 heterocycles. The van der Waals surface area contributed by atoms with Crippen LogP contribution in [0.5, 0.6) is 0 Å². The number of nitrogens with zero attached hydrogens (tertiary/aromatic N) is 1. The van der Waals surface area contributed by atoms with Gasteiger partial charge in [-0.3, -0.25) is 4.79 Å². The topological polar surface area (TPSA) is 64.9 Å². The smallest absolute Gasteiger partial charge is 0.235 e. The third-order valence-electron chi connectivity index (χ3n) is 3.70. The Bertz CT molecular complexity index is 539. The van der Waals surface area contributed by atoms with E-state index in [2.05, 4.69) is 16.7 Å². The lowest BCUT2D eigenvalue weighted by atomic mass is 9.90. The summed E-state index contributed by atoms with van der Waals surface area (Å²) in [5.41, 5.74) is 0.167. The van der Waals surface area contributed by atoms with Crippen LogP contribution in [0, 0.1) is 17.2 Å². The molecule has 0 unspecified atom stereocenters. The lowest BCUT2D eigenvalue weighted by molar-refractivity contribution is -0.122. The number of nitrogens with one attached hydrogen (secondary N) is 2. The second-order valence-corrected chi connectivity index (χ2v) is 6.11. The van der Waals surface area contributed by atoms with Gasteiger partial charge in [-0.1, -0.05) is 37.6 Å². The first-order valence-electron chi connectivity index (χ1n) is 6.99. The molecule has 21 heavy (non-hydrogen) atoms. The van der Waals surface area contributed by atoms with Gasteiger partial charge in [0, 0.05) is 11.1 Å². The summed E-state index contributed by atoms with van der Waals surface area (Å²) < 4.78 is 0. The van der Waals surface area contributed by atoms with E-state index in [0.717, 1.165) is 5.56 Å². The number of amides is 1. The summed E-state index contributed by atoms with van der Waals surface area (Å²) in [6, 6.07) is 9.67. The Hall–Kier alpha value is -1.57. The van der Waals surface area contributed by atoms with Crippen molar-refractivity contribution in [3.05, 3.63) is 34.9 Å². The van der Waals surface area contributed by atoms with Crippen LogP contribution in [0.1, 0.15) is 39.3 Å². The van der Waals surface area contributed by atoms with Gasteiger partial charge in [0.1, 0.15) is 5.54 Å². The van der Waals surface area contributed by atoms with E-state index in [1.807, 2.05) is 45.0 Å². The molecule has 0 spiro atoms. The van der Waals surface area contributed by atoms with Crippen LogP contribution in [0.3, 0.4) is 0 Å². The van der Waals surface area contributed by atoms with E-state index in [4.69, 9.17) is 11.6 Å². The van der Waals surface area contributed by atoms with E-state index in [9.17, 15) is 10.1 Å². The normalized spacial score (nSPS) is 15.1. The zero-order chi connectivity index (χ0) is 16.0. The second kappa shape index (κ2) is 7.44. The van der Waals surface area contributed by atoms with Crippen LogP contribution in [0.4, 0.5) is 0 Å². The van der Waals surface area contributed by atoms with Crippen molar-refractivity contribution in [1.82, 2.24) is 10.6 Å². The highest BCUT2D eigenvalue weighted by atomic mass is 35.5. The van der Waals surface area contributed by atoms with E-state index in [-0.39, 0.29) is 24.4 Å². The van der Waals surface area contributed by atoms with Crippen molar-refractivity contribution < 1.29 is 4.79 Å². The van der Waals surface area contributed by atoms with Crippen LogP contribution in [0.25, 0.3) is 0 Å². The first-order valence-corrected chi connectivity index (χ1v) is 7.37. The lowest BCUT2D eigenvalue weighted by Crippen LogP contribution is -2.51. The maximum absolute atomic E-state index is 12.0. The summed E-state index contributed by atoms with van der Waals surface area (Å²) in [5.74, 6) is -0.154. The third-order valence-corrected chi connectivity index (χ3v) is 3.94. The minimum absolute atomic E-state index is 0.00171. The van der Waals surface area contributed by atoms with Gasteiger partial charge in [-0.05, 0) is 37.5 Å². The molecule has 0 fully saturated rings. The Balaban J connectivity index is 2.56. The number of carbonyl (C=O) groups is 1. The summed E-state index contributed by atoms with van der Waals surface area (Å²) in [5, 5.41) is 15.8. The molecular weight excluding hydrogens is 286 g/mol. The van der Waals surface area contributed by atoms with E-state index in [1.54, 1.807) is 6.92 Å². The van der Waals surface area contributed by atoms with Gasteiger partial charge < -0.3 is 10.6 Å². The average Bonchev–Trinajstić information content (AvgIpc) is 2.44. The lowest BCUT2D eigenvalue weighted by Gasteiger charge is -2.27. The van der Waals surface area contributed by atoms with Crippen LogP contribution in [-0.4, -0.2) is 18.0 Å². The van der Waals surface area contributed by atoms with Gasteiger partial charge in [-0.25, -0.2) is 0 Å². The maximum atomic E-state index is 12.0. The van der Waals surface area contributed by atoms with Crippen molar-refractivity contribution in [1.29, 1.82) is 5.26 Å². The molecule has 0 saturated carbocycles. The van der Waals surface area contributed by atoms with E-state index in [1.165, 1.54) is 0 Å². The third kappa shape index (κ3) is 5.04. The molecule has 1 aromatic carbocycles. The highest BCUT2D eigenvalue weighted by molar-refractivity contribution is 6.30. The predicted octanol–water partition coefficient (Wildman–Crippen LogP) is 3.05. The van der Waals surface area contributed by atoms with Crippen molar-refractivity contribution in [3.8, 4) is 6.07 Å². The number of benzene rings is 1. The molecule has 5 heteroatoms. The zero-order valence-corrected chi connectivity index (χ0v) is 13.7. The quantitative estimate of drug-likeness (QED) is 0.849. The summed E-state index contributed by atoms with van der Waals surface area (Å²) in [4.78, 5) is 12.0. The van der Waals surface area contributed by atoms with Crippen LogP contribution in [0.2, 0.25) is 5.02 Å². The number of hydrogen-bond donors (Lipinski definition) is 2. The molecule has 0 aliphatic rings. The fourth-order valence-corrected chi connectivity index (χ4v) is 1.97. The molecule has 0 radical (unpaired) electrons. The largest absolute Gasteiger partial charge is 0.337 e. The molecule has 0 aliphatic carbocycles. The number of halogens is 1. The van der Waals surface area contributed by atoms with Crippen LogP contribution < -0.4 is 10.6 Å². The summed E-state index contributed by atoms with van der Waals surface area (Å²) >= 11 is 5.95. The standard InChI is InChI=1S/C16H22ClN3O/c1-11(2)16(4,10-18)20-15(21)9-19-12(3)13-6-5-7-14(17)8-13/h5-8,11-12,19H,9H2,1-4H3,(H,20,21)/t12-,16-/m1/s1. The fraction of sp³-hybridized carbons (Fsp3) is 0.500. The van der Waals surface area contributed by atoms with Crippen LogP contribution >= 0.6 is 11.6 Å². The van der Waals surface area contributed by atoms with Gasteiger partial charge in [0.05, 0.1) is 12.6 Å². The molecule has 1 aromatic rings. The van der Waals surface area contributed by atoms with Crippen LogP contribution in [0.15, 0.2) is 24.3 Å². The Kier molecular flexibility index (Phi) is 6.19. The number of carbonyl (C=O) groups excluding carboxylic acids is 1. The van der Waals surface area contributed by atoms with Crippen molar-refractivity contribution in [2.75, 3.05) is 6.54 Å². The Labute approximate surface area is 131 Å². The molecule has 114 valence electrons. The monoisotopic (exact) mass is 307 g/mol. The Morgan fingerprint density at radius 3 is 2.62 bits per heavy atom. The molecule has 2 N–H and O–H groups in total. The summed E-state index contributed by atoms with van der Waals surface area (Å²) in [6.45, 7) is 7.66. The molecule has 4 nitrogen and oxygen atoms in total. The van der Waals surface area contributed by atoms with Gasteiger partial charge >= 0.3 is 0 Å². The molecule has 0 aromatic heterocycles. The van der Waals surface area contributed by atoms with Gasteiger partial charge in [0.2, 0.25) is 5.91 Å². The second-order valence-electron chi connectivity index (χ2n) is 5.67. The molecule has 2 atom stereocenters. The molecular formula is C16H22ClN3O. The summed E-state index contributed by atoms with van der Waals surface area (Å²) in [6.07, 6.45) is 0. The first-order chi connectivity index (χ1) is 9.78. The first kappa shape index (κ1) is 17.5. The van der Waals surface area contributed by atoms with E-state index >= 15 is 0 Å². The average molecular weight is 308 g/mol. The van der Waals surface area contributed by atoms with E-state index in [0.29, 0.717) is 5.02 Å². The highest BCUT2D eigenvalue weighted by Crippen LogP contribution is 2.17. The minimum atomic E-state index is -0.849. The SMILES string of the molecule is CC(C)[C@@](C)(C#N)NC(=O)CN[C@H](C)c1cccc(Cl)c1. The molecule has 1 amide bonds. The van der Waals surface area contributed by atoms with Crippen LogP contribution in [-0.2, 0) is 4.79 Å². The van der Waals surface area contributed by atoms with Crippen molar-refractivity contribution in [2.45, 2.75) is 39.3 Å². The van der Waals surface area contributed by atoms with Crippen molar-refractivity contribution in [3.63, 3.8) is 0 Å². The fourth-order valence-electron chi connectivity index (χ4n) is 1.77. The Morgan fingerprint density at radius 1 is 1.43 bits per heavy atom. The number of nitriles is 1. The van der Waals surface area contributed by atoms with E-state index < -0.39 is 5.54 Å². The number of rotatable bonds is 6. The maximum Gasteiger partial charge on any atom is 0.235 e. The minimum Gasteiger partial charge on any atom is -0.337 e. The van der Waals surface area contributed by atoms with Gasteiger partial charge in [-0.2, -0.15) is 5.26 Å². The Morgan fingerprint density at radius 2 is 2.10 bits per heavy atom. The molecule has 1 rings (SSSR count). The zero-order valence-electron chi connectivity index (χ0n) is 12.9. The molecule has 0 aliphatic heterocycles.